The lowest BCUT2D eigenvalue weighted by atomic mass is 9.83. The Hall–Kier alpha value is -0.0800. The lowest BCUT2D eigenvalue weighted by Crippen LogP contribution is -2.43. The van der Waals surface area contributed by atoms with E-state index in [0.29, 0.717) is 5.41 Å². The summed E-state index contributed by atoms with van der Waals surface area (Å²) in [6, 6.07) is 0.748. The highest BCUT2D eigenvalue weighted by molar-refractivity contribution is 4.79. The summed E-state index contributed by atoms with van der Waals surface area (Å²) >= 11 is 0. The highest BCUT2D eigenvalue weighted by Gasteiger charge is 2.21. The zero-order valence-electron chi connectivity index (χ0n) is 10.9. The molecule has 0 radical (unpaired) electrons. The van der Waals surface area contributed by atoms with E-state index in [4.69, 9.17) is 0 Å². The smallest absolute Gasteiger partial charge is 0.00914 e. The van der Waals surface area contributed by atoms with Crippen molar-refractivity contribution in [1.29, 1.82) is 0 Å². The highest BCUT2D eigenvalue weighted by Crippen LogP contribution is 2.24. The Labute approximate surface area is 95.2 Å². The number of piperidine rings is 1. The van der Waals surface area contributed by atoms with Gasteiger partial charge in [-0.1, -0.05) is 27.7 Å². The first-order chi connectivity index (χ1) is 6.99. The van der Waals surface area contributed by atoms with Crippen molar-refractivity contribution in [2.24, 2.45) is 11.3 Å². The van der Waals surface area contributed by atoms with Gasteiger partial charge in [0.15, 0.2) is 0 Å². The number of rotatable bonds is 5. The Bertz CT molecular complexity index is 169. The van der Waals surface area contributed by atoms with E-state index in [-0.39, 0.29) is 0 Å². The van der Waals surface area contributed by atoms with Crippen LogP contribution in [0.4, 0.5) is 0 Å². The quantitative estimate of drug-likeness (QED) is 0.731. The largest absolute Gasteiger partial charge is 0.317 e. The van der Waals surface area contributed by atoms with Crippen LogP contribution in [0.25, 0.3) is 0 Å². The first-order valence-electron chi connectivity index (χ1n) is 6.44. The first kappa shape index (κ1) is 13.0. The fraction of sp³-hybridized carbons (Fsp3) is 1.00. The van der Waals surface area contributed by atoms with Crippen LogP contribution in [-0.4, -0.2) is 25.7 Å². The minimum Gasteiger partial charge on any atom is -0.317 e. The maximum Gasteiger partial charge on any atom is 0.00914 e. The molecule has 0 amide bonds. The molecule has 0 aliphatic carbocycles. The van der Waals surface area contributed by atoms with Crippen LogP contribution < -0.4 is 10.6 Å². The van der Waals surface area contributed by atoms with Crippen LogP contribution >= 0.6 is 0 Å². The van der Waals surface area contributed by atoms with E-state index in [2.05, 4.69) is 38.3 Å². The summed E-state index contributed by atoms with van der Waals surface area (Å²) in [5, 5.41) is 7.13. The SMILES string of the molecule is CC(C)CC(C)(C)CNC1CCNCC1. The number of hydrogen-bond acceptors (Lipinski definition) is 2. The molecular weight excluding hydrogens is 184 g/mol. The van der Waals surface area contributed by atoms with E-state index in [1.807, 2.05) is 0 Å². The molecule has 0 aromatic heterocycles. The Balaban J connectivity index is 2.21. The number of hydrogen-bond donors (Lipinski definition) is 2. The van der Waals surface area contributed by atoms with Crippen LogP contribution in [0.5, 0.6) is 0 Å². The van der Waals surface area contributed by atoms with Crippen molar-refractivity contribution in [2.45, 2.75) is 53.0 Å². The fourth-order valence-electron chi connectivity index (χ4n) is 2.62. The topological polar surface area (TPSA) is 24.1 Å². The Morgan fingerprint density at radius 2 is 1.87 bits per heavy atom. The predicted molar refractivity (Wildman–Crippen MR) is 67.1 cm³/mol. The molecule has 90 valence electrons. The van der Waals surface area contributed by atoms with E-state index in [9.17, 15) is 0 Å². The van der Waals surface area contributed by atoms with Crippen LogP contribution in [0, 0.1) is 11.3 Å². The van der Waals surface area contributed by atoms with E-state index in [0.717, 1.165) is 18.5 Å². The third-order valence-electron chi connectivity index (χ3n) is 3.17. The maximum absolute atomic E-state index is 3.73. The van der Waals surface area contributed by atoms with E-state index in [1.165, 1.54) is 32.4 Å². The molecule has 0 saturated carbocycles. The zero-order chi connectivity index (χ0) is 11.3. The summed E-state index contributed by atoms with van der Waals surface area (Å²) in [6.07, 6.45) is 3.89. The van der Waals surface area contributed by atoms with Crippen molar-refractivity contribution in [3.63, 3.8) is 0 Å². The molecule has 0 spiro atoms. The molecule has 1 heterocycles. The van der Waals surface area contributed by atoms with Gasteiger partial charge in [0.2, 0.25) is 0 Å². The Morgan fingerprint density at radius 1 is 1.27 bits per heavy atom. The molecule has 1 aliphatic rings. The highest BCUT2D eigenvalue weighted by atomic mass is 15.0. The van der Waals surface area contributed by atoms with Gasteiger partial charge >= 0.3 is 0 Å². The molecular formula is C13H28N2. The molecule has 0 aromatic rings. The van der Waals surface area contributed by atoms with Crippen molar-refractivity contribution in [1.82, 2.24) is 10.6 Å². The molecule has 2 nitrogen and oxygen atoms in total. The fourth-order valence-corrected chi connectivity index (χ4v) is 2.62. The molecule has 1 fully saturated rings. The Morgan fingerprint density at radius 3 is 2.40 bits per heavy atom. The summed E-state index contributed by atoms with van der Waals surface area (Å²) in [4.78, 5) is 0. The van der Waals surface area contributed by atoms with Crippen molar-refractivity contribution in [3.05, 3.63) is 0 Å². The maximum atomic E-state index is 3.73. The molecule has 2 heteroatoms. The van der Waals surface area contributed by atoms with Crippen LogP contribution in [0.15, 0.2) is 0 Å². The molecule has 15 heavy (non-hydrogen) atoms. The van der Waals surface area contributed by atoms with E-state index in [1.54, 1.807) is 0 Å². The van der Waals surface area contributed by atoms with E-state index < -0.39 is 0 Å². The molecule has 0 aromatic carbocycles. The van der Waals surface area contributed by atoms with Gasteiger partial charge in [-0.2, -0.15) is 0 Å². The minimum absolute atomic E-state index is 0.443. The molecule has 0 unspecified atom stereocenters. The molecule has 1 saturated heterocycles. The van der Waals surface area contributed by atoms with Gasteiger partial charge in [-0.05, 0) is 43.7 Å². The van der Waals surface area contributed by atoms with Crippen molar-refractivity contribution >= 4 is 0 Å². The normalized spacial score (nSPS) is 19.8. The summed E-state index contributed by atoms with van der Waals surface area (Å²) < 4.78 is 0. The molecule has 1 rings (SSSR count). The number of nitrogens with one attached hydrogen (secondary N) is 2. The average molecular weight is 212 g/mol. The molecule has 0 atom stereocenters. The van der Waals surface area contributed by atoms with Crippen molar-refractivity contribution < 1.29 is 0 Å². The Kier molecular flexibility index (Phi) is 5.07. The summed E-state index contributed by atoms with van der Waals surface area (Å²) in [7, 11) is 0. The zero-order valence-corrected chi connectivity index (χ0v) is 10.9. The standard InChI is InChI=1S/C13H28N2/c1-11(2)9-13(3,4)10-15-12-5-7-14-8-6-12/h11-12,14-15H,5-10H2,1-4H3. The lowest BCUT2D eigenvalue weighted by molar-refractivity contribution is 0.249. The van der Waals surface area contributed by atoms with Crippen molar-refractivity contribution in [3.8, 4) is 0 Å². The summed E-state index contributed by atoms with van der Waals surface area (Å²) in [6.45, 7) is 12.9. The summed E-state index contributed by atoms with van der Waals surface area (Å²) in [5.41, 5.74) is 0.443. The van der Waals surface area contributed by atoms with Crippen LogP contribution in [0.1, 0.15) is 47.0 Å². The van der Waals surface area contributed by atoms with Gasteiger partial charge in [0.25, 0.3) is 0 Å². The van der Waals surface area contributed by atoms with Gasteiger partial charge in [0, 0.05) is 12.6 Å². The average Bonchev–Trinajstić information content (AvgIpc) is 2.15. The van der Waals surface area contributed by atoms with Gasteiger partial charge in [-0.3, -0.25) is 0 Å². The van der Waals surface area contributed by atoms with Crippen LogP contribution in [0.3, 0.4) is 0 Å². The lowest BCUT2D eigenvalue weighted by Gasteiger charge is -2.31. The first-order valence-corrected chi connectivity index (χ1v) is 6.44. The monoisotopic (exact) mass is 212 g/mol. The van der Waals surface area contributed by atoms with Crippen molar-refractivity contribution in [2.75, 3.05) is 19.6 Å². The second-order valence-corrected chi connectivity index (χ2v) is 6.17. The second-order valence-electron chi connectivity index (χ2n) is 6.17. The van der Waals surface area contributed by atoms with Crippen LogP contribution in [0.2, 0.25) is 0 Å². The van der Waals surface area contributed by atoms with Gasteiger partial charge in [0.05, 0.1) is 0 Å². The van der Waals surface area contributed by atoms with Gasteiger partial charge < -0.3 is 10.6 Å². The third kappa shape index (κ3) is 5.53. The van der Waals surface area contributed by atoms with Crippen LogP contribution in [-0.2, 0) is 0 Å². The predicted octanol–water partition coefficient (Wildman–Crippen LogP) is 2.40. The van der Waals surface area contributed by atoms with Gasteiger partial charge in [-0.15, -0.1) is 0 Å². The van der Waals surface area contributed by atoms with Gasteiger partial charge in [0.1, 0.15) is 0 Å². The second kappa shape index (κ2) is 5.86. The molecule has 1 aliphatic heterocycles. The molecule has 2 N–H and O–H groups in total. The summed E-state index contributed by atoms with van der Waals surface area (Å²) in [5.74, 6) is 0.801. The third-order valence-corrected chi connectivity index (χ3v) is 3.17. The molecule has 0 bridgehead atoms. The van der Waals surface area contributed by atoms with E-state index >= 15 is 0 Å². The van der Waals surface area contributed by atoms with Gasteiger partial charge in [-0.25, -0.2) is 0 Å². The minimum atomic E-state index is 0.443.